The molecule has 1 aliphatic carbocycles. The molecule has 1 saturated heterocycles. The van der Waals surface area contributed by atoms with E-state index in [1.54, 1.807) is 22.8 Å². The summed E-state index contributed by atoms with van der Waals surface area (Å²) >= 11 is 0. The van der Waals surface area contributed by atoms with Gasteiger partial charge in [0.15, 0.2) is 0 Å². The molecule has 8 nitrogen and oxygen atoms in total. The summed E-state index contributed by atoms with van der Waals surface area (Å²) in [7, 11) is 1.71. The highest BCUT2D eigenvalue weighted by molar-refractivity contribution is 6.07. The van der Waals surface area contributed by atoms with Gasteiger partial charge < -0.3 is 15.0 Å². The number of aryl methyl sites for hydroxylation is 1. The number of halogens is 5. The fourth-order valence-electron chi connectivity index (χ4n) is 4.18. The SMILES string of the molecule is Cn1cc(NC(=O)c2cnn(C3CC(F)C3)c2N2CC(Oc3cc(F)cc(C(F)(F)F)c3)C2)cn1. The van der Waals surface area contributed by atoms with Crippen LogP contribution in [0, 0.1) is 5.82 Å². The van der Waals surface area contributed by atoms with Gasteiger partial charge in [0.25, 0.3) is 5.91 Å². The molecule has 186 valence electrons. The van der Waals surface area contributed by atoms with E-state index in [1.165, 1.54) is 17.1 Å². The van der Waals surface area contributed by atoms with Crippen LogP contribution in [-0.4, -0.2) is 50.8 Å². The maximum absolute atomic E-state index is 13.7. The zero-order chi connectivity index (χ0) is 24.9. The molecule has 1 amide bonds. The van der Waals surface area contributed by atoms with Crippen molar-refractivity contribution in [3.8, 4) is 5.75 Å². The van der Waals surface area contributed by atoms with E-state index in [0.717, 1.165) is 12.1 Å². The molecule has 3 aromatic rings. The average molecular weight is 496 g/mol. The van der Waals surface area contributed by atoms with Crippen molar-refractivity contribution in [2.45, 2.75) is 37.3 Å². The minimum absolute atomic E-state index is 0.211. The lowest BCUT2D eigenvalue weighted by molar-refractivity contribution is -0.137. The summed E-state index contributed by atoms with van der Waals surface area (Å²) in [6.07, 6.45) is -1.11. The third-order valence-corrected chi connectivity index (χ3v) is 6.03. The first-order chi connectivity index (χ1) is 16.6. The zero-order valence-corrected chi connectivity index (χ0v) is 18.5. The minimum atomic E-state index is -4.70. The highest BCUT2D eigenvalue weighted by Crippen LogP contribution is 2.40. The van der Waals surface area contributed by atoms with Crippen molar-refractivity contribution in [3.63, 3.8) is 0 Å². The van der Waals surface area contributed by atoms with E-state index < -0.39 is 35.7 Å². The number of aromatic nitrogens is 4. The zero-order valence-electron chi connectivity index (χ0n) is 18.5. The predicted octanol–water partition coefficient (Wildman–Crippen LogP) is 3.97. The highest BCUT2D eigenvalue weighted by atomic mass is 19.4. The molecule has 35 heavy (non-hydrogen) atoms. The van der Waals surface area contributed by atoms with Gasteiger partial charge in [0.05, 0.1) is 42.8 Å². The van der Waals surface area contributed by atoms with Gasteiger partial charge in [-0.05, 0) is 12.1 Å². The quantitative estimate of drug-likeness (QED) is 0.523. The molecule has 0 atom stereocenters. The number of ether oxygens (including phenoxy) is 1. The number of hydrogen-bond donors (Lipinski definition) is 1. The smallest absolute Gasteiger partial charge is 0.416 e. The Morgan fingerprint density at radius 2 is 1.89 bits per heavy atom. The lowest BCUT2D eigenvalue weighted by atomic mass is 9.91. The Morgan fingerprint density at radius 1 is 1.14 bits per heavy atom. The van der Waals surface area contributed by atoms with E-state index in [1.807, 2.05) is 0 Å². The summed E-state index contributed by atoms with van der Waals surface area (Å²) in [5, 5.41) is 11.1. The lowest BCUT2D eigenvalue weighted by Crippen LogP contribution is -2.55. The van der Waals surface area contributed by atoms with Gasteiger partial charge in [-0.1, -0.05) is 0 Å². The molecule has 0 bridgehead atoms. The van der Waals surface area contributed by atoms with Crippen LogP contribution >= 0.6 is 0 Å². The summed E-state index contributed by atoms with van der Waals surface area (Å²) in [5.74, 6) is -1.24. The first-order valence-corrected chi connectivity index (χ1v) is 10.9. The Bertz CT molecular complexity index is 1240. The second kappa shape index (κ2) is 8.54. The molecule has 0 radical (unpaired) electrons. The molecular formula is C22H21F5N6O2. The Hall–Kier alpha value is -3.64. The third-order valence-electron chi connectivity index (χ3n) is 6.03. The first-order valence-electron chi connectivity index (χ1n) is 10.9. The van der Waals surface area contributed by atoms with Crippen molar-refractivity contribution in [2.75, 3.05) is 23.3 Å². The molecule has 0 unspecified atom stereocenters. The van der Waals surface area contributed by atoms with Crippen LogP contribution in [0.4, 0.5) is 33.5 Å². The minimum Gasteiger partial charge on any atom is -0.487 e. The maximum atomic E-state index is 13.7. The van der Waals surface area contributed by atoms with Gasteiger partial charge >= 0.3 is 6.18 Å². The molecular weight excluding hydrogens is 475 g/mol. The number of hydrogen-bond acceptors (Lipinski definition) is 5. The number of anilines is 2. The topological polar surface area (TPSA) is 77.2 Å². The monoisotopic (exact) mass is 496 g/mol. The normalized spacial score (nSPS) is 20.3. The van der Waals surface area contributed by atoms with Crippen LogP contribution in [-0.2, 0) is 13.2 Å². The van der Waals surface area contributed by atoms with Gasteiger partial charge in [0, 0.05) is 32.2 Å². The first kappa shape index (κ1) is 23.1. The largest absolute Gasteiger partial charge is 0.487 e. The molecule has 5 rings (SSSR count). The fourth-order valence-corrected chi connectivity index (χ4v) is 4.18. The van der Waals surface area contributed by atoms with Crippen LogP contribution in [0.3, 0.4) is 0 Å². The van der Waals surface area contributed by atoms with Crippen molar-refractivity contribution >= 4 is 17.4 Å². The van der Waals surface area contributed by atoms with Crippen LogP contribution in [0.1, 0.15) is 34.8 Å². The summed E-state index contributed by atoms with van der Waals surface area (Å²) in [4.78, 5) is 14.7. The number of benzene rings is 1. The summed E-state index contributed by atoms with van der Waals surface area (Å²) < 4.78 is 74.9. The maximum Gasteiger partial charge on any atom is 0.416 e. The van der Waals surface area contributed by atoms with Crippen LogP contribution in [0.5, 0.6) is 5.75 Å². The lowest BCUT2D eigenvalue weighted by Gasteiger charge is -2.42. The Morgan fingerprint density at radius 3 is 2.51 bits per heavy atom. The van der Waals surface area contributed by atoms with E-state index in [9.17, 15) is 26.7 Å². The van der Waals surface area contributed by atoms with Gasteiger partial charge in [-0.2, -0.15) is 23.4 Å². The molecule has 2 fully saturated rings. The molecule has 3 heterocycles. The van der Waals surface area contributed by atoms with Gasteiger partial charge in [0.1, 0.15) is 35.2 Å². The van der Waals surface area contributed by atoms with Gasteiger partial charge in [-0.25, -0.2) is 13.5 Å². The van der Waals surface area contributed by atoms with E-state index in [4.69, 9.17) is 4.74 Å². The van der Waals surface area contributed by atoms with Crippen molar-refractivity contribution in [1.29, 1.82) is 0 Å². The molecule has 0 spiro atoms. The standard InChI is InChI=1S/C22H21F5N6O2/c1-31-9-15(7-28-31)30-20(34)19-8-29-33(16-4-14(24)5-16)21(19)32-10-18(11-32)35-17-3-12(22(25,26)27)2-13(23)6-17/h2-3,6-9,14,16,18H,4-5,10-11H2,1H3,(H,30,34). The number of nitrogens with zero attached hydrogens (tertiary/aromatic N) is 5. The van der Waals surface area contributed by atoms with Crippen molar-refractivity contribution in [1.82, 2.24) is 19.6 Å². The van der Waals surface area contributed by atoms with Gasteiger partial charge in [-0.15, -0.1) is 0 Å². The summed E-state index contributed by atoms with van der Waals surface area (Å²) in [6, 6.07) is 1.84. The molecule has 1 aliphatic heterocycles. The van der Waals surface area contributed by atoms with Crippen LogP contribution in [0.25, 0.3) is 0 Å². The summed E-state index contributed by atoms with van der Waals surface area (Å²) in [6.45, 7) is 0.449. The van der Waals surface area contributed by atoms with Crippen LogP contribution < -0.4 is 15.0 Å². The van der Waals surface area contributed by atoms with E-state index in [0.29, 0.717) is 17.6 Å². The number of amides is 1. The molecule has 2 aliphatic rings. The average Bonchev–Trinajstić information content (AvgIpc) is 3.33. The molecule has 2 aromatic heterocycles. The van der Waals surface area contributed by atoms with Crippen molar-refractivity contribution in [2.24, 2.45) is 7.05 Å². The van der Waals surface area contributed by atoms with Crippen molar-refractivity contribution in [3.05, 3.63) is 53.7 Å². The second-order valence-corrected chi connectivity index (χ2v) is 8.72. The van der Waals surface area contributed by atoms with Gasteiger partial charge in [-0.3, -0.25) is 9.48 Å². The van der Waals surface area contributed by atoms with E-state index >= 15 is 0 Å². The highest BCUT2D eigenvalue weighted by Gasteiger charge is 2.39. The summed E-state index contributed by atoms with van der Waals surface area (Å²) in [5.41, 5.74) is -0.387. The predicted molar refractivity (Wildman–Crippen MR) is 115 cm³/mol. The number of alkyl halides is 4. The Labute approximate surface area is 196 Å². The number of nitrogens with one attached hydrogen (secondary N) is 1. The fraction of sp³-hybridized carbons (Fsp3) is 0.409. The molecule has 1 saturated carbocycles. The molecule has 1 aromatic carbocycles. The van der Waals surface area contributed by atoms with Crippen molar-refractivity contribution < 1.29 is 31.5 Å². The van der Waals surface area contributed by atoms with E-state index in [-0.39, 0.29) is 43.3 Å². The van der Waals surface area contributed by atoms with Crippen LogP contribution in [0.2, 0.25) is 0 Å². The number of carbonyl (C=O) groups is 1. The van der Waals surface area contributed by atoms with Crippen LogP contribution in [0.15, 0.2) is 36.8 Å². The Balaban J connectivity index is 1.33. The molecule has 13 heteroatoms. The second-order valence-electron chi connectivity index (χ2n) is 8.72. The Kier molecular flexibility index (Phi) is 5.64. The number of rotatable bonds is 6. The molecule has 1 N–H and O–H groups in total. The van der Waals surface area contributed by atoms with Gasteiger partial charge in [0.2, 0.25) is 0 Å². The number of carbonyl (C=O) groups excluding carboxylic acids is 1. The van der Waals surface area contributed by atoms with E-state index in [2.05, 4.69) is 15.5 Å². The third kappa shape index (κ3) is 4.66.